The molecule has 27 heavy (non-hydrogen) atoms. The molecule has 4 rings (SSSR count). The Morgan fingerprint density at radius 3 is 2.81 bits per heavy atom. The molecule has 0 saturated carbocycles. The number of pyridine rings is 1. The first-order chi connectivity index (χ1) is 13.1. The highest BCUT2D eigenvalue weighted by molar-refractivity contribution is 7.12. The van der Waals surface area contributed by atoms with Gasteiger partial charge in [0.25, 0.3) is 5.91 Å². The molecule has 0 aliphatic rings. The Morgan fingerprint density at radius 2 is 2.07 bits per heavy atom. The number of hydrogen-bond acceptors (Lipinski definition) is 5. The van der Waals surface area contributed by atoms with E-state index in [0.29, 0.717) is 16.5 Å². The van der Waals surface area contributed by atoms with E-state index in [-0.39, 0.29) is 11.5 Å². The molecular formula is C20H15N5OS. The number of carbonyl (C=O) groups excluding carboxylic acids is 1. The third-order valence-corrected chi connectivity index (χ3v) is 5.19. The van der Waals surface area contributed by atoms with E-state index in [1.807, 2.05) is 43.5 Å². The first-order valence-electron chi connectivity index (χ1n) is 8.29. The summed E-state index contributed by atoms with van der Waals surface area (Å²) in [5, 5.41) is 19.4. The maximum Gasteiger partial charge on any atom is 0.266 e. The first-order valence-corrected chi connectivity index (χ1v) is 9.17. The number of carbonyl (C=O) groups is 1. The van der Waals surface area contributed by atoms with Crippen LogP contribution >= 0.6 is 11.3 Å². The predicted octanol–water partition coefficient (Wildman–Crippen LogP) is 4.22. The minimum absolute atomic E-state index is 0.281. The summed E-state index contributed by atoms with van der Waals surface area (Å²) in [4.78, 5) is 17.8. The molecule has 3 heterocycles. The van der Waals surface area contributed by atoms with Crippen molar-refractivity contribution in [2.45, 2.75) is 13.8 Å². The minimum Gasteiger partial charge on any atom is -0.305 e. The molecule has 0 fully saturated rings. The molecule has 1 aromatic carbocycles. The lowest BCUT2D eigenvalue weighted by atomic mass is 10.1. The number of anilines is 1. The summed E-state index contributed by atoms with van der Waals surface area (Å²) in [6.07, 6.45) is 1.43. The molecule has 0 aliphatic carbocycles. The maximum absolute atomic E-state index is 12.5. The monoisotopic (exact) mass is 373 g/mol. The van der Waals surface area contributed by atoms with Crippen molar-refractivity contribution in [1.29, 1.82) is 5.26 Å². The Hall–Kier alpha value is -3.50. The number of aromatic nitrogens is 3. The number of rotatable bonds is 3. The topological polar surface area (TPSA) is 83.6 Å². The normalized spacial score (nSPS) is 10.7. The fourth-order valence-corrected chi connectivity index (χ4v) is 3.57. The van der Waals surface area contributed by atoms with Crippen LogP contribution < -0.4 is 5.32 Å². The number of amides is 1. The standard InChI is InChI=1S/C20H15N5OS/c1-12-5-3-6-15-13(2)9-17(23-18(12)15)25-19(14(10-21)11-22-25)24-20(26)16-7-4-8-27-16/h3-9,11H,1-2H3,(H,24,26). The molecule has 132 valence electrons. The minimum atomic E-state index is -0.281. The van der Waals surface area contributed by atoms with Crippen LogP contribution in [0.2, 0.25) is 0 Å². The summed E-state index contributed by atoms with van der Waals surface area (Å²) in [7, 11) is 0. The average Bonchev–Trinajstić information content (AvgIpc) is 3.32. The van der Waals surface area contributed by atoms with Crippen molar-refractivity contribution in [3.05, 3.63) is 69.5 Å². The van der Waals surface area contributed by atoms with Gasteiger partial charge in [0.15, 0.2) is 11.6 Å². The maximum atomic E-state index is 12.5. The van der Waals surface area contributed by atoms with Crippen LogP contribution in [0, 0.1) is 25.2 Å². The van der Waals surface area contributed by atoms with Crippen molar-refractivity contribution < 1.29 is 4.79 Å². The molecule has 0 bridgehead atoms. The zero-order valence-corrected chi connectivity index (χ0v) is 15.5. The first kappa shape index (κ1) is 16.9. The van der Waals surface area contributed by atoms with Crippen LogP contribution in [-0.2, 0) is 0 Å². The Bertz CT molecular complexity index is 1200. The number of para-hydroxylation sites is 1. The number of benzene rings is 1. The van der Waals surface area contributed by atoms with Crippen LogP contribution in [-0.4, -0.2) is 20.7 Å². The molecule has 4 aromatic rings. The van der Waals surface area contributed by atoms with Gasteiger partial charge in [-0.1, -0.05) is 24.3 Å². The lowest BCUT2D eigenvalue weighted by Gasteiger charge is -2.11. The lowest BCUT2D eigenvalue weighted by Crippen LogP contribution is -2.15. The van der Waals surface area contributed by atoms with Crippen molar-refractivity contribution in [3.8, 4) is 11.9 Å². The van der Waals surface area contributed by atoms with E-state index >= 15 is 0 Å². The molecule has 1 N–H and O–H groups in total. The largest absolute Gasteiger partial charge is 0.305 e. The van der Waals surface area contributed by atoms with Crippen molar-refractivity contribution >= 4 is 34.0 Å². The van der Waals surface area contributed by atoms with Crippen LogP contribution in [0.4, 0.5) is 5.82 Å². The number of hydrogen-bond donors (Lipinski definition) is 1. The molecular weight excluding hydrogens is 358 g/mol. The number of nitriles is 1. The van der Waals surface area contributed by atoms with E-state index < -0.39 is 0 Å². The summed E-state index contributed by atoms with van der Waals surface area (Å²) >= 11 is 1.33. The SMILES string of the molecule is Cc1cc(-n2ncc(C#N)c2NC(=O)c2cccs2)nc2c(C)cccc12. The van der Waals surface area contributed by atoms with Crippen LogP contribution in [0.15, 0.2) is 48.0 Å². The molecule has 0 saturated heterocycles. The molecule has 6 nitrogen and oxygen atoms in total. The second-order valence-corrected chi connectivity index (χ2v) is 7.08. The lowest BCUT2D eigenvalue weighted by molar-refractivity contribution is 0.103. The van der Waals surface area contributed by atoms with Gasteiger partial charge in [0.2, 0.25) is 0 Å². The van der Waals surface area contributed by atoms with E-state index in [1.165, 1.54) is 22.2 Å². The molecule has 1 amide bonds. The van der Waals surface area contributed by atoms with E-state index in [9.17, 15) is 10.1 Å². The highest BCUT2D eigenvalue weighted by atomic mass is 32.1. The highest BCUT2D eigenvalue weighted by Gasteiger charge is 2.18. The smallest absolute Gasteiger partial charge is 0.266 e. The van der Waals surface area contributed by atoms with Gasteiger partial charge in [-0.15, -0.1) is 11.3 Å². The molecule has 3 aromatic heterocycles. The predicted molar refractivity (Wildman–Crippen MR) is 105 cm³/mol. The van der Waals surface area contributed by atoms with Crippen molar-refractivity contribution in [2.24, 2.45) is 0 Å². The van der Waals surface area contributed by atoms with Gasteiger partial charge in [0.05, 0.1) is 16.6 Å². The fourth-order valence-electron chi connectivity index (χ4n) is 2.95. The third kappa shape index (κ3) is 2.96. The summed E-state index contributed by atoms with van der Waals surface area (Å²) in [6.45, 7) is 4.01. The molecule has 0 unspecified atom stereocenters. The van der Waals surface area contributed by atoms with Gasteiger partial charge in [0, 0.05) is 5.39 Å². The van der Waals surface area contributed by atoms with Gasteiger partial charge in [0.1, 0.15) is 11.6 Å². The fraction of sp³-hybridized carbons (Fsp3) is 0.100. The van der Waals surface area contributed by atoms with Crippen molar-refractivity contribution in [2.75, 3.05) is 5.32 Å². The number of nitrogens with zero attached hydrogens (tertiary/aromatic N) is 4. The zero-order chi connectivity index (χ0) is 19.0. The molecule has 0 aliphatic heterocycles. The third-order valence-electron chi connectivity index (χ3n) is 4.32. The second-order valence-electron chi connectivity index (χ2n) is 6.13. The molecule has 0 radical (unpaired) electrons. The van der Waals surface area contributed by atoms with Crippen molar-refractivity contribution in [3.63, 3.8) is 0 Å². The van der Waals surface area contributed by atoms with E-state index in [2.05, 4.69) is 16.5 Å². The van der Waals surface area contributed by atoms with E-state index in [4.69, 9.17) is 4.98 Å². The van der Waals surface area contributed by atoms with Gasteiger partial charge < -0.3 is 5.32 Å². The summed E-state index contributed by atoms with van der Waals surface area (Å²) < 4.78 is 1.50. The number of nitrogens with one attached hydrogen (secondary N) is 1. The molecule has 7 heteroatoms. The van der Waals surface area contributed by atoms with Crippen LogP contribution in [0.25, 0.3) is 16.7 Å². The van der Waals surface area contributed by atoms with Gasteiger partial charge in [-0.3, -0.25) is 4.79 Å². The summed E-state index contributed by atoms with van der Waals surface area (Å²) in [6, 6.07) is 13.5. The van der Waals surface area contributed by atoms with Gasteiger partial charge in [-0.2, -0.15) is 15.0 Å². The van der Waals surface area contributed by atoms with Crippen LogP contribution in [0.3, 0.4) is 0 Å². The van der Waals surface area contributed by atoms with Crippen LogP contribution in [0.1, 0.15) is 26.4 Å². The number of thiophene rings is 1. The van der Waals surface area contributed by atoms with Gasteiger partial charge >= 0.3 is 0 Å². The Kier molecular flexibility index (Phi) is 4.18. The van der Waals surface area contributed by atoms with E-state index in [0.717, 1.165) is 22.0 Å². The Labute approximate surface area is 159 Å². The zero-order valence-electron chi connectivity index (χ0n) is 14.7. The molecule has 0 spiro atoms. The summed E-state index contributed by atoms with van der Waals surface area (Å²) in [5.74, 6) is 0.588. The van der Waals surface area contributed by atoms with E-state index in [1.54, 1.807) is 12.1 Å². The number of fused-ring (bicyclic) bond motifs is 1. The van der Waals surface area contributed by atoms with Crippen LogP contribution in [0.5, 0.6) is 0 Å². The van der Waals surface area contributed by atoms with Crippen molar-refractivity contribution in [1.82, 2.24) is 14.8 Å². The Balaban J connectivity index is 1.84. The summed E-state index contributed by atoms with van der Waals surface area (Å²) in [5.41, 5.74) is 3.25. The number of aryl methyl sites for hydroxylation is 2. The average molecular weight is 373 g/mol. The highest BCUT2D eigenvalue weighted by Crippen LogP contribution is 2.25. The Morgan fingerprint density at radius 1 is 1.22 bits per heavy atom. The quantitative estimate of drug-likeness (QED) is 0.583. The van der Waals surface area contributed by atoms with Gasteiger partial charge in [-0.25, -0.2) is 4.98 Å². The molecule has 0 atom stereocenters. The van der Waals surface area contributed by atoms with Gasteiger partial charge in [-0.05, 0) is 42.5 Å². The second kappa shape index (κ2) is 6.67.